The Labute approximate surface area is 126 Å². The normalized spacial score (nSPS) is 23.7. The van der Waals surface area contributed by atoms with Crippen LogP contribution < -0.4 is 5.73 Å². The SMILES string of the molecule is CC1CCCN(S(=O)(=O)c2ccc(CC#N)cc2)C1CN. The average Bonchev–Trinajstić information content (AvgIpc) is 2.48. The molecule has 0 aromatic heterocycles. The molecule has 1 fully saturated rings. The molecule has 5 nitrogen and oxygen atoms in total. The summed E-state index contributed by atoms with van der Waals surface area (Å²) < 4.78 is 27.1. The summed E-state index contributed by atoms with van der Waals surface area (Å²) >= 11 is 0. The molecule has 6 heteroatoms. The van der Waals surface area contributed by atoms with Crippen LogP contribution in [0.3, 0.4) is 0 Å². The summed E-state index contributed by atoms with van der Waals surface area (Å²) in [6.07, 6.45) is 2.16. The van der Waals surface area contributed by atoms with Crippen LogP contribution >= 0.6 is 0 Å². The summed E-state index contributed by atoms with van der Waals surface area (Å²) in [5.41, 5.74) is 6.60. The highest BCUT2D eigenvalue weighted by atomic mass is 32.2. The van der Waals surface area contributed by atoms with Crippen molar-refractivity contribution in [1.29, 1.82) is 5.26 Å². The van der Waals surface area contributed by atoms with Gasteiger partial charge in [-0.3, -0.25) is 0 Å². The molecule has 0 radical (unpaired) electrons. The summed E-state index contributed by atoms with van der Waals surface area (Å²) in [6, 6.07) is 8.46. The molecule has 2 unspecified atom stereocenters. The third-order valence-electron chi connectivity index (χ3n) is 4.12. The molecular weight excluding hydrogens is 286 g/mol. The number of nitriles is 1. The smallest absolute Gasteiger partial charge is 0.243 e. The molecule has 1 heterocycles. The van der Waals surface area contributed by atoms with Gasteiger partial charge < -0.3 is 5.73 Å². The van der Waals surface area contributed by atoms with Crippen molar-refractivity contribution in [1.82, 2.24) is 4.31 Å². The first-order valence-corrected chi connectivity index (χ1v) is 8.62. The van der Waals surface area contributed by atoms with Crippen LogP contribution in [0.5, 0.6) is 0 Å². The summed E-state index contributed by atoms with van der Waals surface area (Å²) in [6.45, 7) is 2.91. The van der Waals surface area contributed by atoms with Gasteiger partial charge >= 0.3 is 0 Å². The fraction of sp³-hybridized carbons (Fsp3) is 0.533. The highest BCUT2D eigenvalue weighted by molar-refractivity contribution is 7.89. The van der Waals surface area contributed by atoms with E-state index in [1.165, 1.54) is 0 Å². The predicted octanol–water partition coefficient (Wildman–Crippen LogP) is 1.50. The van der Waals surface area contributed by atoms with Crippen molar-refractivity contribution >= 4 is 10.0 Å². The van der Waals surface area contributed by atoms with E-state index in [4.69, 9.17) is 11.0 Å². The number of sulfonamides is 1. The Bertz CT molecular complexity index is 619. The Morgan fingerprint density at radius 3 is 2.62 bits per heavy atom. The second-order valence-electron chi connectivity index (χ2n) is 5.52. The fourth-order valence-corrected chi connectivity index (χ4v) is 4.64. The van der Waals surface area contributed by atoms with Crippen molar-refractivity contribution in [3.05, 3.63) is 29.8 Å². The van der Waals surface area contributed by atoms with Crippen LogP contribution in [-0.4, -0.2) is 31.9 Å². The summed E-state index contributed by atoms with van der Waals surface area (Å²) in [7, 11) is -3.52. The molecule has 0 spiro atoms. The number of benzene rings is 1. The molecule has 2 rings (SSSR count). The van der Waals surface area contributed by atoms with E-state index in [9.17, 15) is 8.42 Å². The first kappa shape index (κ1) is 16.0. The maximum absolute atomic E-state index is 12.8. The van der Waals surface area contributed by atoms with E-state index in [-0.39, 0.29) is 23.3 Å². The first-order valence-electron chi connectivity index (χ1n) is 7.18. The van der Waals surface area contributed by atoms with Crippen LogP contribution in [0, 0.1) is 17.2 Å². The van der Waals surface area contributed by atoms with Gasteiger partial charge in [-0.2, -0.15) is 9.57 Å². The van der Waals surface area contributed by atoms with Gasteiger partial charge in [0.15, 0.2) is 0 Å². The zero-order valence-electron chi connectivity index (χ0n) is 12.2. The number of nitrogens with zero attached hydrogens (tertiary/aromatic N) is 2. The van der Waals surface area contributed by atoms with Crippen molar-refractivity contribution in [2.75, 3.05) is 13.1 Å². The predicted molar refractivity (Wildman–Crippen MR) is 80.9 cm³/mol. The summed E-state index contributed by atoms with van der Waals surface area (Å²) in [5, 5.41) is 8.66. The van der Waals surface area contributed by atoms with Crippen LogP contribution in [0.4, 0.5) is 0 Å². The van der Waals surface area contributed by atoms with Crippen LogP contribution in [0.25, 0.3) is 0 Å². The minimum Gasteiger partial charge on any atom is -0.329 e. The first-order chi connectivity index (χ1) is 10.0. The molecule has 0 amide bonds. The molecule has 21 heavy (non-hydrogen) atoms. The van der Waals surface area contributed by atoms with Gasteiger partial charge in [-0.15, -0.1) is 0 Å². The van der Waals surface area contributed by atoms with Crippen LogP contribution in [-0.2, 0) is 16.4 Å². The van der Waals surface area contributed by atoms with Gasteiger partial charge in [0.25, 0.3) is 0 Å². The van der Waals surface area contributed by atoms with E-state index in [2.05, 4.69) is 13.0 Å². The van der Waals surface area contributed by atoms with E-state index in [0.29, 0.717) is 13.1 Å². The van der Waals surface area contributed by atoms with E-state index < -0.39 is 10.0 Å². The van der Waals surface area contributed by atoms with E-state index >= 15 is 0 Å². The highest BCUT2D eigenvalue weighted by Crippen LogP contribution is 2.28. The van der Waals surface area contributed by atoms with Crippen molar-refractivity contribution in [2.45, 2.75) is 37.1 Å². The lowest BCUT2D eigenvalue weighted by molar-refractivity contribution is 0.192. The van der Waals surface area contributed by atoms with Gasteiger partial charge in [-0.05, 0) is 36.5 Å². The Balaban J connectivity index is 2.30. The Morgan fingerprint density at radius 2 is 2.05 bits per heavy atom. The van der Waals surface area contributed by atoms with E-state index in [0.717, 1.165) is 18.4 Å². The molecule has 1 saturated heterocycles. The summed E-state index contributed by atoms with van der Waals surface area (Å²) in [5.74, 6) is 0.274. The lowest BCUT2D eigenvalue weighted by atomic mass is 9.93. The summed E-state index contributed by atoms with van der Waals surface area (Å²) in [4.78, 5) is 0.275. The molecule has 114 valence electrons. The fourth-order valence-electron chi connectivity index (χ4n) is 2.87. The number of hydrogen-bond donors (Lipinski definition) is 1. The van der Waals surface area contributed by atoms with Crippen molar-refractivity contribution < 1.29 is 8.42 Å². The van der Waals surface area contributed by atoms with Crippen LogP contribution in [0.15, 0.2) is 29.2 Å². The van der Waals surface area contributed by atoms with Gasteiger partial charge in [0.1, 0.15) is 0 Å². The van der Waals surface area contributed by atoms with Gasteiger partial charge in [0, 0.05) is 19.1 Å². The molecular formula is C15H21N3O2S. The second kappa shape index (κ2) is 6.56. The number of rotatable bonds is 4. The molecule has 2 N–H and O–H groups in total. The Hall–Kier alpha value is -1.42. The minimum atomic E-state index is -3.52. The monoisotopic (exact) mass is 307 g/mol. The molecule has 1 aromatic rings. The van der Waals surface area contributed by atoms with Gasteiger partial charge in [0.05, 0.1) is 17.4 Å². The quantitative estimate of drug-likeness (QED) is 0.913. The lowest BCUT2D eigenvalue weighted by Crippen LogP contribution is -2.51. The molecule has 1 aliphatic rings. The topological polar surface area (TPSA) is 87.2 Å². The van der Waals surface area contributed by atoms with E-state index in [1.54, 1.807) is 28.6 Å². The van der Waals surface area contributed by atoms with Gasteiger partial charge in [-0.25, -0.2) is 8.42 Å². The van der Waals surface area contributed by atoms with Gasteiger partial charge in [-0.1, -0.05) is 19.1 Å². The van der Waals surface area contributed by atoms with Crippen molar-refractivity contribution in [3.8, 4) is 6.07 Å². The molecule has 0 aliphatic carbocycles. The van der Waals surface area contributed by atoms with Crippen molar-refractivity contribution in [2.24, 2.45) is 11.7 Å². The maximum atomic E-state index is 12.8. The molecule has 0 saturated carbocycles. The van der Waals surface area contributed by atoms with Crippen LogP contribution in [0.1, 0.15) is 25.3 Å². The molecule has 2 atom stereocenters. The maximum Gasteiger partial charge on any atom is 0.243 e. The van der Waals surface area contributed by atoms with E-state index in [1.807, 2.05) is 0 Å². The molecule has 0 bridgehead atoms. The second-order valence-corrected chi connectivity index (χ2v) is 7.41. The van der Waals surface area contributed by atoms with Crippen molar-refractivity contribution in [3.63, 3.8) is 0 Å². The average molecular weight is 307 g/mol. The number of nitrogens with two attached hydrogens (primary N) is 1. The Morgan fingerprint density at radius 1 is 1.38 bits per heavy atom. The highest BCUT2D eigenvalue weighted by Gasteiger charge is 2.36. The third kappa shape index (κ3) is 3.26. The molecule has 1 aliphatic heterocycles. The largest absolute Gasteiger partial charge is 0.329 e. The van der Waals surface area contributed by atoms with Gasteiger partial charge in [0.2, 0.25) is 10.0 Å². The lowest BCUT2D eigenvalue weighted by Gasteiger charge is -2.38. The third-order valence-corrected chi connectivity index (χ3v) is 6.06. The minimum absolute atomic E-state index is 0.137. The number of piperidine rings is 1. The molecule has 1 aromatic carbocycles. The van der Waals surface area contributed by atoms with Crippen LogP contribution in [0.2, 0.25) is 0 Å². The number of hydrogen-bond acceptors (Lipinski definition) is 4. The standard InChI is InChI=1S/C15H21N3O2S/c1-12-3-2-10-18(15(12)11-17)21(19,20)14-6-4-13(5-7-14)8-9-16/h4-7,12,15H,2-3,8,10-11,17H2,1H3. The zero-order valence-corrected chi connectivity index (χ0v) is 13.0. The Kier molecular flexibility index (Phi) is 4.99. The zero-order chi connectivity index (χ0) is 15.5.